The maximum absolute atomic E-state index is 12.2. The maximum Gasteiger partial charge on any atom is 0.416 e. The highest BCUT2D eigenvalue weighted by Crippen LogP contribution is 2.29. The van der Waals surface area contributed by atoms with Crippen LogP contribution in [0.4, 0.5) is 13.2 Å². The fourth-order valence-corrected chi connectivity index (χ4v) is 1.59. The van der Waals surface area contributed by atoms with Crippen molar-refractivity contribution in [2.45, 2.75) is 11.1 Å². The summed E-state index contributed by atoms with van der Waals surface area (Å²) in [5.74, 6) is 0. The van der Waals surface area contributed by atoms with Crippen molar-refractivity contribution in [2.24, 2.45) is 5.28 Å². The first kappa shape index (κ1) is 13.1. The third kappa shape index (κ3) is 3.26. The molecule has 10 heteroatoms. The van der Waals surface area contributed by atoms with Crippen LogP contribution in [-0.4, -0.2) is 8.42 Å². The number of alkyl halides is 3. The lowest BCUT2D eigenvalue weighted by molar-refractivity contribution is -0.137. The van der Waals surface area contributed by atoms with Crippen molar-refractivity contribution in [3.05, 3.63) is 40.3 Å². The van der Waals surface area contributed by atoms with E-state index in [4.69, 9.17) is 5.53 Å². The van der Waals surface area contributed by atoms with Crippen molar-refractivity contribution in [3.63, 3.8) is 0 Å². The smallest absolute Gasteiger partial charge is 0.307 e. The molecule has 92 valence electrons. The van der Waals surface area contributed by atoms with Gasteiger partial charge in [-0.2, -0.15) is 21.6 Å². The molecule has 0 aliphatic rings. The summed E-state index contributed by atoms with van der Waals surface area (Å²) in [4.78, 5) is 1.50. The average Bonchev–Trinajstić information content (AvgIpc) is 2.25. The van der Waals surface area contributed by atoms with Crippen LogP contribution in [0, 0.1) is 0 Å². The van der Waals surface area contributed by atoms with E-state index in [-0.39, 0.29) is 0 Å². The second-order valence-corrected chi connectivity index (χ2v) is 4.25. The summed E-state index contributed by atoms with van der Waals surface area (Å²) < 4.78 is 62.7. The first-order valence-electron chi connectivity index (χ1n) is 3.93. The highest BCUT2D eigenvalue weighted by atomic mass is 32.2. The third-order valence-corrected chi connectivity index (χ3v) is 2.75. The molecule has 0 unspecified atom stereocenters. The van der Waals surface area contributed by atoms with Gasteiger partial charge in [-0.25, -0.2) is 0 Å². The molecule has 0 fully saturated rings. The number of azide groups is 1. The van der Waals surface area contributed by atoms with Gasteiger partial charge in [0, 0.05) is 4.91 Å². The van der Waals surface area contributed by atoms with Crippen LogP contribution in [0.2, 0.25) is 0 Å². The Labute approximate surface area is 93.3 Å². The molecule has 0 aromatic heterocycles. The van der Waals surface area contributed by atoms with Gasteiger partial charge >= 0.3 is 16.3 Å². The molecule has 0 heterocycles. The molecule has 0 atom stereocenters. The fraction of sp³-hybridized carbons (Fsp3) is 0.143. The Bertz CT molecular complexity index is 546. The second-order valence-electron chi connectivity index (χ2n) is 2.72. The van der Waals surface area contributed by atoms with E-state index in [0.29, 0.717) is 24.3 Å². The monoisotopic (exact) mass is 267 g/mol. The largest absolute Gasteiger partial charge is 0.416 e. The van der Waals surface area contributed by atoms with Crippen LogP contribution in [0.1, 0.15) is 5.56 Å². The second kappa shape index (κ2) is 4.52. The van der Waals surface area contributed by atoms with E-state index < -0.39 is 26.8 Å². The maximum atomic E-state index is 12.2. The summed E-state index contributed by atoms with van der Waals surface area (Å²) in [5.41, 5.74) is 6.85. The summed E-state index contributed by atoms with van der Waals surface area (Å²) in [6, 6.07) is 2.55. The van der Waals surface area contributed by atoms with Crippen molar-refractivity contribution in [3.8, 4) is 0 Å². The van der Waals surface area contributed by atoms with Gasteiger partial charge in [0.15, 0.2) is 0 Å². The molecule has 0 spiro atoms. The Balaban J connectivity index is 3.07. The summed E-state index contributed by atoms with van der Waals surface area (Å²) in [6.45, 7) is 0. The molecular formula is C7H4F3N3O3S. The van der Waals surface area contributed by atoms with E-state index in [2.05, 4.69) is 9.56 Å². The molecule has 0 radical (unpaired) electrons. The van der Waals surface area contributed by atoms with Crippen LogP contribution < -0.4 is 0 Å². The van der Waals surface area contributed by atoms with Gasteiger partial charge in [0.2, 0.25) is 0 Å². The number of rotatable bonds is 3. The van der Waals surface area contributed by atoms with Crippen molar-refractivity contribution in [1.82, 2.24) is 0 Å². The number of benzene rings is 1. The number of hydrogen-bond acceptors (Lipinski definition) is 4. The highest BCUT2D eigenvalue weighted by molar-refractivity contribution is 7.86. The van der Waals surface area contributed by atoms with Gasteiger partial charge in [0.25, 0.3) is 0 Å². The molecule has 0 bridgehead atoms. The molecule has 0 saturated carbocycles. The summed E-state index contributed by atoms with van der Waals surface area (Å²) in [5, 5.41) is 2.36. The van der Waals surface area contributed by atoms with Crippen molar-refractivity contribution in [1.29, 1.82) is 0 Å². The Kier molecular flexibility index (Phi) is 3.49. The first-order valence-corrected chi connectivity index (χ1v) is 5.33. The molecule has 0 aliphatic carbocycles. The van der Waals surface area contributed by atoms with E-state index >= 15 is 0 Å². The minimum absolute atomic E-state index is 0.544. The van der Waals surface area contributed by atoms with Crippen LogP contribution in [0.15, 0.2) is 34.4 Å². The molecule has 0 amide bonds. The average molecular weight is 267 g/mol. The molecule has 17 heavy (non-hydrogen) atoms. The zero-order valence-corrected chi connectivity index (χ0v) is 8.73. The van der Waals surface area contributed by atoms with Gasteiger partial charge in [-0.1, -0.05) is 0 Å². The Morgan fingerprint density at radius 1 is 1.24 bits per heavy atom. The van der Waals surface area contributed by atoms with E-state index in [1.807, 2.05) is 4.91 Å². The molecule has 0 N–H and O–H groups in total. The fourth-order valence-electron chi connectivity index (χ4n) is 0.912. The molecule has 0 saturated heterocycles. The Morgan fingerprint density at radius 2 is 1.76 bits per heavy atom. The number of nitrogens with zero attached hydrogens (tertiary/aromatic N) is 3. The summed E-state index contributed by atoms with van der Waals surface area (Å²) >= 11 is 0. The van der Waals surface area contributed by atoms with Crippen LogP contribution >= 0.6 is 0 Å². The number of halogens is 3. The normalized spacial score (nSPS) is 11.7. The quantitative estimate of drug-likeness (QED) is 0.364. The topological polar surface area (TPSA) is 92.1 Å². The van der Waals surface area contributed by atoms with Gasteiger partial charge in [-0.3, -0.25) is 0 Å². The highest BCUT2D eigenvalue weighted by Gasteiger charge is 2.30. The summed E-state index contributed by atoms with van der Waals surface area (Å²) in [6.07, 6.45) is -4.56. The van der Waals surface area contributed by atoms with Crippen LogP contribution in [0.5, 0.6) is 0 Å². The Hall–Kier alpha value is -1.93. The van der Waals surface area contributed by atoms with E-state index in [0.717, 1.165) is 0 Å². The van der Waals surface area contributed by atoms with Crippen molar-refractivity contribution < 1.29 is 25.9 Å². The van der Waals surface area contributed by atoms with E-state index in [1.165, 1.54) is 0 Å². The van der Waals surface area contributed by atoms with Gasteiger partial charge in [-0.05, 0) is 29.8 Å². The predicted molar refractivity (Wildman–Crippen MR) is 48.9 cm³/mol. The van der Waals surface area contributed by atoms with Crippen molar-refractivity contribution >= 4 is 10.1 Å². The third-order valence-electron chi connectivity index (χ3n) is 1.64. The zero-order valence-electron chi connectivity index (χ0n) is 7.92. The standard InChI is InChI=1S/C7H4F3N3O3S/c8-7(9,10)5-1-3-6(4-2-5)17(14,15)16-13-12-11/h1-4H. The first-order chi connectivity index (χ1) is 7.77. The van der Waals surface area contributed by atoms with E-state index in [1.54, 1.807) is 0 Å². The van der Waals surface area contributed by atoms with E-state index in [9.17, 15) is 21.6 Å². The Morgan fingerprint density at radius 3 is 2.18 bits per heavy atom. The molecule has 6 nitrogen and oxygen atoms in total. The lowest BCUT2D eigenvalue weighted by Gasteiger charge is -2.06. The molecule has 0 aliphatic heterocycles. The molecule has 1 aromatic rings. The number of hydrogen-bond donors (Lipinski definition) is 0. The van der Waals surface area contributed by atoms with Crippen LogP contribution in [-0.2, 0) is 20.6 Å². The zero-order chi connectivity index (χ0) is 13.1. The molecule has 1 aromatic carbocycles. The van der Waals surface area contributed by atoms with Crippen molar-refractivity contribution in [2.75, 3.05) is 0 Å². The van der Waals surface area contributed by atoms with Gasteiger partial charge in [0.05, 0.1) is 5.56 Å². The SMILES string of the molecule is [N-]=[N+]=NOS(=O)(=O)c1ccc(C(F)(F)F)cc1. The lowest BCUT2D eigenvalue weighted by atomic mass is 10.2. The van der Waals surface area contributed by atoms with Crippen LogP contribution in [0.25, 0.3) is 10.4 Å². The van der Waals surface area contributed by atoms with Gasteiger partial charge in [0.1, 0.15) is 10.2 Å². The minimum Gasteiger partial charge on any atom is -0.307 e. The van der Waals surface area contributed by atoms with Crippen LogP contribution in [0.3, 0.4) is 0 Å². The lowest BCUT2D eigenvalue weighted by Crippen LogP contribution is -2.06. The molecular weight excluding hydrogens is 263 g/mol. The minimum atomic E-state index is -4.56. The van der Waals surface area contributed by atoms with Gasteiger partial charge in [-0.15, -0.1) is 0 Å². The summed E-state index contributed by atoms with van der Waals surface area (Å²) in [7, 11) is -4.37. The predicted octanol–water partition coefficient (Wildman–Crippen LogP) is 2.64. The van der Waals surface area contributed by atoms with Gasteiger partial charge < -0.3 is 4.28 Å². The molecule has 1 rings (SSSR count).